The van der Waals surface area contributed by atoms with E-state index in [2.05, 4.69) is 5.32 Å². The van der Waals surface area contributed by atoms with Gasteiger partial charge in [-0.1, -0.05) is 12.1 Å². The lowest BCUT2D eigenvalue weighted by molar-refractivity contribution is 0.209. The van der Waals surface area contributed by atoms with Gasteiger partial charge in [-0.05, 0) is 36.0 Å². The van der Waals surface area contributed by atoms with E-state index in [-0.39, 0.29) is 0 Å². The summed E-state index contributed by atoms with van der Waals surface area (Å²) in [6, 6.07) is 5.83. The van der Waals surface area contributed by atoms with Crippen molar-refractivity contribution in [3.05, 3.63) is 29.3 Å². The Kier molecular flexibility index (Phi) is 2.60. The van der Waals surface area contributed by atoms with Crippen LogP contribution in [0.5, 0.6) is 0 Å². The van der Waals surface area contributed by atoms with Gasteiger partial charge >= 0.3 is 6.09 Å². The van der Waals surface area contributed by atoms with Crippen molar-refractivity contribution >= 4 is 11.8 Å². The fourth-order valence-corrected chi connectivity index (χ4v) is 1.67. The highest BCUT2D eigenvalue weighted by atomic mass is 16.4. The molecule has 0 heterocycles. The molecule has 0 saturated heterocycles. The van der Waals surface area contributed by atoms with Crippen LogP contribution in [-0.2, 0) is 6.54 Å². The average Bonchev–Trinajstić information content (AvgIpc) is 3.00. The number of rotatable bonds is 3. The highest BCUT2D eigenvalue weighted by Gasteiger charge is 2.24. The molecule has 1 aromatic carbocycles. The van der Waals surface area contributed by atoms with E-state index in [1.165, 1.54) is 18.4 Å². The Labute approximate surface area is 88.1 Å². The summed E-state index contributed by atoms with van der Waals surface area (Å²) in [7, 11) is 0. The first-order chi connectivity index (χ1) is 7.20. The van der Waals surface area contributed by atoms with E-state index in [0.717, 1.165) is 5.56 Å². The van der Waals surface area contributed by atoms with Gasteiger partial charge in [0, 0.05) is 12.2 Å². The Balaban J connectivity index is 2.29. The second-order valence-electron chi connectivity index (χ2n) is 3.83. The third-order valence-corrected chi connectivity index (χ3v) is 2.64. The molecule has 1 aliphatic carbocycles. The molecule has 0 unspecified atom stereocenters. The molecule has 4 nitrogen and oxygen atoms in total. The van der Waals surface area contributed by atoms with E-state index in [9.17, 15) is 4.79 Å². The molecular weight excluding hydrogens is 192 g/mol. The Hall–Kier alpha value is -1.55. The van der Waals surface area contributed by atoms with E-state index in [1.807, 2.05) is 18.2 Å². The van der Waals surface area contributed by atoms with Crippen LogP contribution in [0, 0.1) is 0 Å². The first-order valence-corrected chi connectivity index (χ1v) is 5.03. The first-order valence-electron chi connectivity index (χ1n) is 5.03. The number of nitrogens with two attached hydrogens (primary N) is 1. The quantitative estimate of drug-likeness (QED) is 0.709. The summed E-state index contributed by atoms with van der Waals surface area (Å²) in [4.78, 5) is 10.6. The lowest BCUT2D eigenvalue weighted by atomic mass is 10.1. The number of amides is 1. The number of carboxylic acid groups (broad SMARTS) is 1. The zero-order valence-electron chi connectivity index (χ0n) is 8.36. The maximum atomic E-state index is 10.6. The minimum atomic E-state index is -1.04. The van der Waals surface area contributed by atoms with Gasteiger partial charge in [-0.3, -0.25) is 5.32 Å². The van der Waals surface area contributed by atoms with Crippen LogP contribution in [0.2, 0.25) is 0 Å². The molecule has 0 bridgehead atoms. The number of nitrogens with one attached hydrogen (secondary N) is 1. The van der Waals surface area contributed by atoms with Crippen LogP contribution in [0.4, 0.5) is 10.5 Å². The maximum Gasteiger partial charge on any atom is 0.409 e. The maximum absolute atomic E-state index is 10.6. The van der Waals surface area contributed by atoms with Gasteiger partial charge in [-0.2, -0.15) is 0 Å². The molecule has 2 rings (SSSR count). The lowest BCUT2D eigenvalue weighted by Gasteiger charge is -2.09. The fraction of sp³-hybridized carbons (Fsp3) is 0.364. The van der Waals surface area contributed by atoms with Gasteiger partial charge < -0.3 is 10.8 Å². The Morgan fingerprint density at radius 1 is 1.53 bits per heavy atom. The largest absolute Gasteiger partial charge is 0.465 e. The summed E-state index contributed by atoms with van der Waals surface area (Å²) in [5.41, 5.74) is 8.19. The van der Waals surface area contributed by atoms with Crippen LogP contribution >= 0.6 is 0 Å². The first kappa shape index (κ1) is 9.98. The zero-order chi connectivity index (χ0) is 10.8. The average molecular weight is 206 g/mol. The minimum absolute atomic E-state index is 0.348. The predicted molar refractivity (Wildman–Crippen MR) is 58.0 cm³/mol. The highest BCUT2D eigenvalue weighted by Crippen LogP contribution is 2.41. The van der Waals surface area contributed by atoms with Gasteiger partial charge in [-0.25, -0.2) is 4.79 Å². The number of benzene rings is 1. The van der Waals surface area contributed by atoms with Crippen molar-refractivity contribution in [3.63, 3.8) is 0 Å². The lowest BCUT2D eigenvalue weighted by Crippen LogP contribution is -2.11. The van der Waals surface area contributed by atoms with Crippen molar-refractivity contribution in [2.24, 2.45) is 5.73 Å². The second-order valence-corrected chi connectivity index (χ2v) is 3.83. The molecule has 80 valence electrons. The van der Waals surface area contributed by atoms with Gasteiger partial charge in [0.15, 0.2) is 0 Å². The number of hydrogen-bond donors (Lipinski definition) is 3. The van der Waals surface area contributed by atoms with Crippen LogP contribution in [0.15, 0.2) is 18.2 Å². The molecule has 1 fully saturated rings. The van der Waals surface area contributed by atoms with Crippen molar-refractivity contribution in [1.82, 2.24) is 0 Å². The molecule has 0 spiro atoms. The van der Waals surface area contributed by atoms with Crippen molar-refractivity contribution < 1.29 is 9.90 Å². The number of carbonyl (C=O) groups is 1. The van der Waals surface area contributed by atoms with Gasteiger partial charge in [0.2, 0.25) is 0 Å². The molecule has 0 atom stereocenters. The molecule has 0 aliphatic heterocycles. The molecule has 4 heteroatoms. The summed E-state index contributed by atoms with van der Waals surface area (Å²) in [5.74, 6) is 0.617. The molecule has 0 aromatic heterocycles. The molecule has 15 heavy (non-hydrogen) atoms. The van der Waals surface area contributed by atoms with Crippen LogP contribution in [-0.4, -0.2) is 11.2 Å². The van der Waals surface area contributed by atoms with E-state index in [0.29, 0.717) is 18.2 Å². The summed E-state index contributed by atoms with van der Waals surface area (Å²) in [5, 5.41) is 11.1. The topological polar surface area (TPSA) is 75.3 Å². The van der Waals surface area contributed by atoms with Gasteiger partial charge in [-0.15, -0.1) is 0 Å². The normalized spacial score (nSPS) is 15.0. The molecule has 0 radical (unpaired) electrons. The van der Waals surface area contributed by atoms with Crippen molar-refractivity contribution in [2.45, 2.75) is 25.3 Å². The van der Waals surface area contributed by atoms with Gasteiger partial charge in [0.05, 0.1) is 0 Å². The van der Waals surface area contributed by atoms with E-state index in [4.69, 9.17) is 10.8 Å². The monoisotopic (exact) mass is 206 g/mol. The fourth-order valence-electron chi connectivity index (χ4n) is 1.67. The Morgan fingerprint density at radius 3 is 2.80 bits per heavy atom. The van der Waals surface area contributed by atoms with Crippen molar-refractivity contribution in [3.8, 4) is 0 Å². The molecule has 4 N–H and O–H groups in total. The summed E-state index contributed by atoms with van der Waals surface area (Å²) >= 11 is 0. The minimum Gasteiger partial charge on any atom is -0.465 e. The molecule has 1 saturated carbocycles. The summed E-state index contributed by atoms with van der Waals surface area (Å²) < 4.78 is 0. The second kappa shape index (κ2) is 3.90. The van der Waals surface area contributed by atoms with Crippen molar-refractivity contribution in [2.75, 3.05) is 5.32 Å². The Bertz CT molecular complexity index is 386. The number of anilines is 1. The smallest absolute Gasteiger partial charge is 0.409 e. The Morgan fingerprint density at radius 2 is 2.27 bits per heavy atom. The standard InChI is InChI=1S/C11H14N2O2/c12-6-9-4-3-8(7-1-2-7)5-10(9)13-11(14)15/h3-5,7,13H,1-2,6,12H2,(H,14,15). The summed E-state index contributed by atoms with van der Waals surface area (Å²) in [6.07, 6.45) is 1.36. The number of hydrogen-bond acceptors (Lipinski definition) is 2. The molecular formula is C11H14N2O2. The third-order valence-electron chi connectivity index (χ3n) is 2.64. The van der Waals surface area contributed by atoms with Gasteiger partial charge in [0.1, 0.15) is 0 Å². The van der Waals surface area contributed by atoms with E-state index < -0.39 is 6.09 Å². The molecule has 1 aliphatic rings. The molecule has 1 aromatic rings. The van der Waals surface area contributed by atoms with Crippen LogP contribution in [0.1, 0.15) is 29.9 Å². The highest BCUT2D eigenvalue weighted by molar-refractivity contribution is 5.84. The van der Waals surface area contributed by atoms with E-state index >= 15 is 0 Å². The summed E-state index contributed by atoms with van der Waals surface area (Å²) in [6.45, 7) is 0.348. The van der Waals surface area contributed by atoms with E-state index in [1.54, 1.807) is 0 Å². The SMILES string of the molecule is NCc1ccc(C2CC2)cc1NC(=O)O. The van der Waals surface area contributed by atoms with Gasteiger partial charge in [0.25, 0.3) is 0 Å². The van der Waals surface area contributed by atoms with Crippen LogP contribution in [0.3, 0.4) is 0 Å². The zero-order valence-corrected chi connectivity index (χ0v) is 8.36. The van der Waals surface area contributed by atoms with Crippen LogP contribution in [0.25, 0.3) is 0 Å². The van der Waals surface area contributed by atoms with Crippen molar-refractivity contribution in [1.29, 1.82) is 0 Å². The third kappa shape index (κ3) is 2.27. The van der Waals surface area contributed by atoms with Crippen LogP contribution < -0.4 is 11.1 Å². The predicted octanol–water partition coefficient (Wildman–Crippen LogP) is 2.11. The molecule has 1 amide bonds.